The van der Waals surface area contributed by atoms with E-state index in [1.807, 2.05) is 0 Å². The zero-order valence-electron chi connectivity index (χ0n) is 13.9. The van der Waals surface area contributed by atoms with Crippen LogP contribution in [0.4, 0.5) is 18.9 Å². The second kappa shape index (κ2) is 10.1. The highest BCUT2D eigenvalue weighted by Gasteiger charge is 2.28. The van der Waals surface area contributed by atoms with E-state index in [9.17, 15) is 13.2 Å². The van der Waals surface area contributed by atoms with Crippen molar-refractivity contribution >= 4 is 35.6 Å². The van der Waals surface area contributed by atoms with Crippen LogP contribution in [0.3, 0.4) is 0 Å². The monoisotopic (exact) mass is 481 g/mol. The zero-order chi connectivity index (χ0) is 18.3. The summed E-state index contributed by atoms with van der Waals surface area (Å²) < 4.78 is 46.3. The van der Waals surface area contributed by atoms with E-state index in [0.29, 0.717) is 17.0 Å². The normalized spacial score (nSPS) is 11.5. The molecule has 0 spiro atoms. The summed E-state index contributed by atoms with van der Waals surface area (Å²) in [7, 11) is 1.56. The number of benzene rings is 2. The van der Waals surface area contributed by atoms with Crippen LogP contribution in [-0.2, 0) is 6.54 Å². The summed E-state index contributed by atoms with van der Waals surface area (Å²) in [4.78, 5) is 4.16. The molecule has 142 valence electrons. The van der Waals surface area contributed by atoms with E-state index in [1.165, 1.54) is 12.1 Å². The van der Waals surface area contributed by atoms with Crippen molar-refractivity contribution < 1.29 is 22.6 Å². The molecule has 0 atom stereocenters. The first-order valence-electron chi connectivity index (χ1n) is 7.35. The topological polar surface area (TPSA) is 68.9 Å². The maximum Gasteiger partial charge on any atom is 0.422 e. The lowest BCUT2D eigenvalue weighted by Gasteiger charge is -2.10. The van der Waals surface area contributed by atoms with Crippen molar-refractivity contribution in [3.8, 4) is 11.5 Å². The molecule has 0 radical (unpaired) electrons. The van der Waals surface area contributed by atoms with E-state index in [-0.39, 0.29) is 42.2 Å². The van der Waals surface area contributed by atoms with Crippen LogP contribution in [0.15, 0.2) is 53.5 Å². The fourth-order valence-electron chi connectivity index (χ4n) is 1.96. The molecule has 0 aliphatic heterocycles. The molecule has 9 heteroatoms. The molecule has 0 aliphatic rings. The lowest BCUT2D eigenvalue weighted by molar-refractivity contribution is -0.153. The van der Waals surface area contributed by atoms with E-state index in [1.54, 1.807) is 43.5 Å². The molecule has 0 bridgehead atoms. The molecule has 0 aliphatic carbocycles. The summed E-state index contributed by atoms with van der Waals surface area (Å²) in [6.07, 6.45) is -4.38. The molecule has 0 saturated heterocycles. The second-order valence-electron chi connectivity index (χ2n) is 5.11. The van der Waals surface area contributed by atoms with Gasteiger partial charge in [0.15, 0.2) is 12.6 Å². The Kier molecular flexibility index (Phi) is 8.49. The van der Waals surface area contributed by atoms with Crippen LogP contribution in [0.1, 0.15) is 5.56 Å². The number of nitrogens with two attached hydrogens (primary N) is 1. The van der Waals surface area contributed by atoms with Gasteiger partial charge in [-0.15, -0.1) is 24.0 Å². The number of methoxy groups -OCH3 is 1. The molecule has 2 aromatic carbocycles. The fraction of sp³-hybridized carbons (Fsp3) is 0.235. The molecule has 0 amide bonds. The van der Waals surface area contributed by atoms with Crippen molar-refractivity contribution in [3.63, 3.8) is 0 Å². The maximum atomic E-state index is 12.2. The molecular weight excluding hydrogens is 462 g/mol. The highest BCUT2D eigenvalue weighted by atomic mass is 127. The summed E-state index contributed by atoms with van der Waals surface area (Å²) >= 11 is 0. The van der Waals surface area contributed by atoms with Gasteiger partial charge < -0.3 is 20.5 Å². The predicted octanol–water partition coefficient (Wildman–Crippen LogP) is 4.18. The third-order valence-electron chi connectivity index (χ3n) is 3.08. The van der Waals surface area contributed by atoms with E-state index < -0.39 is 12.8 Å². The smallest absolute Gasteiger partial charge is 0.422 e. The number of rotatable bonds is 6. The third-order valence-corrected chi connectivity index (χ3v) is 3.08. The van der Waals surface area contributed by atoms with Crippen LogP contribution < -0.4 is 20.5 Å². The average Bonchev–Trinajstić information content (AvgIpc) is 2.58. The largest absolute Gasteiger partial charge is 0.497 e. The third kappa shape index (κ3) is 7.81. The van der Waals surface area contributed by atoms with Crippen molar-refractivity contribution in [3.05, 3.63) is 54.1 Å². The van der Waals surface area contributed by atoms with Gasteiger partial charge >= 0.3 is 6.18 Å². The maximum absolute atomic E-state index is 12.2. The number of nitrogens with zero attached hydrogens (tertiary/aromatic N) is 1. The minimum Gasteiger partial charge on any atom is -0.497 e. The van der Waals surface area contributed by atoms with Crippen molar-refractivity contribution in [1.29, 1.82) is 0 Å². The van der Waals surface area contributed by atoms with Gasteiger partial charge in [0.1, 0.15) is 11.5 Å². The molecule has 0 aromatic heterocycles. The Morgan fingerprint density at radius 1 is 1.12 bits per heavy atom. The van der Waals surface area contributed by atoms with Gasteiger partial charge in [0.25, 0.3) is 0 Å². The lowest BCUT2D eigenvalue weighted by atomic mass is 10.2. The highest BCUT2D eigenvalue weighted by molar-refractivity contribution is 14.0. The van der Waals surface area contributed by atoms with Gasteiger partial charge in [0, 0.05) is 11.8 Å². The zero-order valence-corrected chi connectivity index (χ0v) is 16.2. The number of hydrogen-bond acceptors (Lipinski definition) is 3. The lowest BCUT2D eigenvalue weighted by Crippen LogP contribution is -2.22. The number of nitrogens with one attached hydrogen (secondary N) is 1. The Labute approximate surface area is 166 Å². The van der Waals surface area contributed by atoms with Gasteiger partial charge in [-0.2, -0.15) is 13.2 Å². The molecule has 0 saturated carbocycles. The van der Waals surface area contributed by atoms with Gasteiger partial charge in [-0.25, -0.2) is 4.99 Å². The fourth-order valence-corrected chi connectivity index (χ4v) is 1.96. The Hall–Kier alpha value is -2.17. The van der Waals surface area contributed by atoms with Crippen LogP contribution in [-0.4, -0.2) is 25.9 Å². The molecule has 0 heterocycles. The first-order chi connectivity index (χ1) is 11.9. The Balaban J connectivity index is 0.00000338. The Bertz CT molecular complexity index is 739. The quantitative estimate of drug-likeness (QED) is 0.369. The number of halogens is 4. The van der Waals surface area contributed by atoms with Crippen molar-refractivity contribution in [2.75, 3.05) is 19.0 Å². The highest BCUT2D eigenvalue weighted by Crippen LogP contribution is 2.20. The number of aliphatic imine (C=N–C) groups is 1. The molecule has 2 rings (SSSR count). The first-order valence-corrected chi connectivity index (χ1v) is 7.35. The Morgan fingerprint density at radius 2 is 1.81 bits per heavy atom. The van der Waals surface area contributed by atoms with Crippen LogP contribution in [0.2, 0.25) is 0 Å². The van der Waals surface area contributed by atoms with E-state index >= 15 is 0 Å². The van der Waals surface area contributed by atoms with Gasteiger partial charge in [-0.3, -0.25) is 0 Å². The van der Waals surface area contributed by atoms with Crippen LogP contribution in [0.5, 0.6) is 11.5 Å². The average molecular weight is 481 g/mol. The number of ether oxygens (including phenoxy) is 2. The summed E-state index contributed by atoms with van der Waals surface area (Å²) in [5.74, 6) is 0.978. The number of hydrogen-bond donors (Lipinski definition) is 2. The van der Waals surface area contributed by atoms with E-state index in [0.717, 1.165) is 0 Å². The molecule has 26 heavy (non-hydrogen) atoms. The summed E-state index contributed by atoms with van der Waals surface area (Å²) in [5, 5.41) is 2.91. The van der Waals surface area contributed by atoms with Crippen LogP contribution in [0, 0.1) is 0 Å². The SMILES string of the molecule is COc1cccc(NC(N)=NCc2cccc(OCC(F)(F)F)c2)c1.I. The molecule has 2 aromatic rings. The van der Waals surface area contributed by atoms with Gasteiger partial charge in [0.2, 0.25) is 0 Å². The number of alkyl halides is 3. The number of anilines is 1. The molecule has 3 N–H and O–H groups in total. The van der Waals surface area contributed by atoms with Gasteiger partial charge in [-0.05, 0) is 29.8 Å². The standard InChI is InChI=1S/C17H18F3N3O2.HI/c1-24-14-6-3-5-13(9-14)23-16(21)22-10-12-4-2-7-15(8-12)25-11-17(18,19)20;/h2-9H,10-11H2,1H3,(H3,21,22,23);1H. The predicted molar refractivity (Wildman–Crippen MR) is 105 cm³/mol. The van der Waals surface area contributed by atoms with Crippen LogP contribution in [0.25, 0.3) is 0 Å². The Morgan fingerprint density at radius 3 is 2.50 bits per heavy atom. The van der Waals surface area contributed by atoms with Crippen LogP contribution >= 0.6 is 24.0 Å². The minimum atomic E-state index is -4.38. The molecular formula is C17H19F3IN3O2. The molecule has 5 nitrogen and oxygen atoms in total. The summed E-state index contributed by atoms with van der Waals surface area (Å²) in [5.41, 5.74) is 7.20. The van der Waals surface area contributed by atoms with Crippen molar-refractivity contribution in [2.24, 2.45) is 10.7 Å². The second-order valence-corrected chi connectivity index (χ2v) is 5.11. The van der Waals surface area contributed by atoms with E-state index in [2.05, 4.69) is 10.3 Å². The molecule has 0 fully saturated rings. The van der Waals surface area contributed by atoms with Gasteiger partial charge in [-0.1, -0.05) is 18.2 Å². The summed E-state index contributed by atoms with van der Waals surface area (Å²) in [6, 6.07) is 13.4. The number of guanidine groups is 1. The van der Waals surface area contributed by atoms with Crippen molar-refractivity contribution in [2.45, 2.75) is 12.7 Å². The minimum absolute atomic E-state index is 0. The van der Waals surface area contributed by atoms with Crippen molar-refractivity contribution in [1.82, 2.24) is 0 Å². The summed E-state index contributed by atoms with van der Waals surface area (Å²) in [6.45, 7) is -1.13. The van der Waals surface area contributed by atoms with E-state index in [4.69, 9.17) is 15.2 Å². The molecule has 0 unspecified atom stereocenters. The first kappa shape index (κ1) is 21.9. The van der Waals surface area contributed by atoms with Gasteiger partial charge in [0.05, 0.1) is 13.7 Å².